The summed E-state index contributed by atoms with van der Waals surface area (Å²) < 4.78 is 1.30. The fourth-order valence-electron chi connectivity index (χ4n) is 1.71. The highest BCUT2D eigenvalue weighted by atomic mass is 32.1. The minimum Gasteiger partial charge on any atom is -0.354 e. The summed E-state index contributed by atoms with van der Waals surface area (Å²) >= 11 is 1.76. The van der Waals surface area contributed by atoms with E-state index in [1.807, 2.05) is 0 Å². The molecule has 0 unspecified atom stereocenters. The Bertz CT molecular complexity index is 515. The van der Waals surface area contributed by atoms with Crippen LogP contribution in [0.2, 0.25) is 0 Å². The standard InChI is InChI=1S/C11H11N3S/c1-2-9(14-11-12-5-6-13-11)8-4-7-15-10(8)3-1/h1-4,7H,5-6H2,(H2,12,13,14). The van der Waals surface area contributed by atoms with Crippen LogP contribution in [-0.2, 0) is 0 Å². The van der Waals surface area contributed by atoms with Crippen molar-refractivity contribution in [2.45, 2.75) is 0 Å². The minimum atomic E-state index is 0.863. The van der Waals surface area contributed by atoms with Crippen LogP contribution in [0.25, 0.3) is 10.1 Å². The average Bonchev–Trinajstić information content (AvgIpc) is 2.87. The Morgan fingerprint density at radius 2 is 2.33 bits per heavy atom. The van der Waals surface area contributed by atoms with Crippen LogP contribution in [0, 0.1) is 0 Å². The molecule has 3 rings (SSSR count). The molecule has 0 radical (unpaired) electrons. The molecule has 2 heterocycles. The van der Waals surface area contributed by atoms with Gasteiger partial charge in [0.05, 0.1) is 6.54 Å². The lowest BCUT2D eigenvalue weighted by molar-refractivity contribution is 0.959. The normalized spacial score (nSPS) is 15.1. The molecule has 0 saturated carbocycles. The lowest BCUT2D eigenvalue weighted by Gasteiger charge is -2.07. The lowest BCUT2D eigenvalue weighted by Crippen LogP contribution is -2.26. The number of guanidine groups is 1. The van der Waals surface area contributed by atoms with Gasteiger partial charge in [0.15, 0.2) is 5.96 Å². The van der Waals surface area contributed by atoms with Gasteiger partial charge >= 0.3 is 0 Å². The van der Waals surface area contributed by atoms with Gasteiger partial charge in [0.1, 0.15) is 0 Å². The molecule has 0 aliphatic carbocycles. The number of nitrogens with zero attached hydrogens (tertiary/aromatic N) is 1. The quantitative estimate of drug-likeness (QED) is 0.768. The van der Waals surface area contributed by atoms with Gasteiger partial charge in [-0.25, -0.2) is 0 Å². The number of anilines is 1. The second-order valence-electron chi connectivity index (χ2n) is 3.42. The molecule has 3 nitrogen and oxygen atoms in total. The third kappa shape index (κ3) is 1.57. The topological polar surface area (TPSA) is 36.4 Å². The molecule has 1 aromatic heterocycles. The van der Waals surface area contributed by atoms with E-state index < -0.39 is 0 Å². The molecule has 0 amide bonds. The fourth-order valence-corrected chi connectivity index (χ4v) is 2.53. The third-order valence-electron chi connectivity index (χ3n) is 2.42. The summed E-state index contributed by atoms with van der Waals surface area (Å²) in [7, 11) is 0. The zero-order valence-electron chi connectivity index (χ0n) is 8.16. The van der Waals surface area contributed by atoms with Gasteiger partial charge in [-0.05, 0) is 23.6 Å². The summed E-state index contributed by atoms with van der Waals surface area (Å²) in [6.45, 7) is 1.80. The highest BCUT2D eigenvalue weighted by Gasteiger charge is 2.07. The number of benzene rings is 1. The fraction of sp³-hybridized carbons (Fsp3) is 0.182. The Kier molecular flexibility index (Phi) is 2.07. The van der Waals surface area contributed by atoms with Crippen molar-refractivity contribution in [2.24, 2.45) is 4.99 Å². The summed E-state index contributed by atoms with van der Waals surface area (Å²) in [6, 6.07) is 8.42. The van der Waals surface area contributed by atoms with Gasteiger partial charge in [-0.3, -0.25) is 4.99 Å². The van der Waals surface area contributed by atoms with Gasteiger partial charge in [0.25, 0.3) is 0 Å². The smallest absolute Gasteiger partial charge is 0.195 e. The first-order chi connectivity index (χ1) is 7.43. The van der Waals surface area contributed by atoms with E-state index in [0.717, 1.165) is 24.7 Å². The highest BCUT2D eigenvalue weighted by Crippen LogP contribution is 2.27. The van der Waals surface area contributed by atoms with Crippen molar-refractivity contribution in [2.75, 3.05) is 18.4 Å². The molecular formula is C11H11N3S. The van der Waals surface area contributed by atoms with Crippen LogP contribution in [0.1, 0.15) is 0 Å². The zero-order valence-corrected chi connectivity index (χ0v) is 8.97. The zero-order chi connectivity index (χ0) is 10.1. The van der Waals surface area contributed by atoms with Gasteiger partial charge < -0.3 is 10.6 Å². The van der Waals surface area contributed by atoms with E-state index in [0.29, 0.717) is 0 Å². The molecule has 0 spiro atoms. The maximum absolute atomic E-state index is 4.32. The molecule has 0 saturated heterocycles. The molecule has 4 heteroatoms. The van der Waals surface area contributed by atoms with Gasteiger partial charge in [0.2, 0.25) is 0 Å². The maximum Gasteiger partial charge on any atom is 0.195 e. The molecule has 76 valence electrons. The van der Waals surface area contributed by atoms with Crippen LogP contribution in [-0.4, -0.2) is 19.0 Å². The van der Waals surface area contributed by atoms with E-state index in [1.165, 1.54) is 10.1 Å². The van der Waals surface area contributed by atoms with Crippen molar-refractivity contribution in [3.63, 3.8) is 0 Å². The molecule has 1 aliphatic heterocycles. The van der Waals surface area contributed by atoms with Crippen LogP contribution < -0.4 is 10.6 Å². The van der Waals surface area contributed by atoms with E-state index in [2.05, 4.69) is 45.3 Å². The molecule has 0 atom stereocenters. The van der Waals surface area contributed by atoms with E-state index in [1.54, 1.807) is 11.3 Å². The molecule has 1 aliphatic rings. The first-order valence-corrected chi connectivity index (χ1v) is 5.83. The number of nitrogens with one attached hydrogen (secondary N) is 2. The minimum absolute atomic E-state index is 0.863. The largest absolute Gasteiger partial charge is 0.354 e. The molecule has 2 aromatic rings. The van der Waals surface area contributed by atoms with Gasteiger partial charge in [-0.15, -0.1) is 11.3 Å². The maximum atomic E-state index is 4.32. The summed E-state index contributed by atoms with van der Waals surface area (Å²) in [5.74, 6) is 0.883. The van der Waals surface area contributed by atoms with E-state index >= 15 is 0 Å². The monoisotopic (exact) mass is 217 g/mol. The van der Waals surface area contributed by atoms with Crippen molar-refractivity contribution in [1.29, 1.82) is 0 Å². The van der Waals surface area contributed by atoms with E-state index in [4.69, 9.17) is 0 Å². The summed E-state index contributed by atoms with van der Waals surface area (Å²) in [4.78, 5) is 4.32. The Morgan fingerprint density at radius 1 is 1.33 bits per heavy atom. The van der Waals surface area contributed by atoms with Gasteiger partial charge in [-0.2, -0.15) is 0 Å². The number of hydrogen-bond donors (Lipinski definition) is 2. The Labute approximate surface area is 91.8 Å². The lowest BCUT2D eigenvalue weighted by atomic mass is 10.2. The summed E-state index contributed by atoms with van der Waals surface area (Å²) in [5, 5.41) is 9.89. The third-order valence-corrected chi connectivity index (χ3v) is 3.31. The number of rotatable bonds is 1. The van der Waals surface area contributed by atoms with Crippen molar-refractivity contribution in [1.82, 2.24) is 5.32 Å². The summed E-state index contributed by atoms with van der Waals surface area (Å²) in [5.41, 5.74) is 1.13. The Morgan fingerprint density at radius 3 is 3.20 bits per heavy atom. The Balaban J connectivity index is 1.99. The van der Waals surface area contributed by atoms with Gasteiger partial charge in [0, 0.05) is 22.3 Å². The van der Waals surface area contributed by atoms with Crippen LogP contribution >= 0.6 is 11.3 Å². The second-order valence-corrected chi connectivity index (χ2v) is 4.37. The molecule has 0 fully saturated rings. The van der Waals surface area contributed by atoms with Crippen molar-refractivity contribution in [3.05, 3.63) is 29.6 Å². The van der Waals surface area contributed by atoms with E-state index in [-0.39, 0.29) is 0 Å². The molecular weight excluding hydrogens is 206 g/mol. The van der Waals surface area contributed by atoms with Gasteiger partial charge in [-0.1, -0.05) is 6.07 Å². The number of fused-ring (bicyclic) bond motifs is 1. The first-order valence-electron chi connectivity index (χ1n) is 4.95. The summed E-state index contributed by atoms with van der Waals surface area (Å²) in [6.07, 6.45) is 0. The van der Waals surface area contributed by atoms with Crippen molar-refractivity contribution < 1.29 is 0 Å². The highest BCUT2D eigenvalue weighted by molar-refractivity contribution is 7.17. The molecule has 15 heavy (non-hydrogen) atoms. The van der Waals surface area contributed by atoms with Crippen LogP contribution in [0.3, 0.4) is 0 Å². The van der Waals surface area contributed by atoms with Crippen LogP contribution in [0.4, 0.5) is 5.69 Å². The number of hydrogen-bond acceptors (Lipinski definition) is 4. The SMILES string of the molecule is c1cc(NC2=NCCN2)c2ccsc2c1. The van der Waals surface area contributed by atoms with Crippen LogP contribution in [0.15, 0.2) is 34.6 Å². The van der Waals surface area contributed by atoms with Crippen molar-refractivity contribution in [3.8, 4) is 0 Å². The average molecular weight is 217 g/mol. The van der Waals surface area contributed by atoms with Crippen LogP contribution in [0.5, 0.6) is 0 Å². The Hall–Kier alpha value is -1.55. The molecule has 0 bridgehead atoms. The van der Waals surface area contributed by atoms with E-state index in [9.17, 15) is 0 Å². The first kappa shape index (κ1) is 8.73. The predicted octanol–water partition coefficient (Wildman–Crippen LogP) is 2.27. The second kappa shape index (κ2) is 3.55. The molecule has 1 aromatic carbocycles. The molecule has 2 N–H and O–H groups in total. The number of aliphatic imine (C=N–C) groups is 1. The number of thiophene rings is 1. The van der Waals surface area contributed by atoms with Crippen molar-refractivity contribution >= 4 is 33.1 Å². The predicted molar refractivity (Wildman–Crippen MR) is 65.8 cm³/mol.